The normalized spacial score (nSPS) is 26.9. The molecule has 0 radical (unpaired) electrons. The zero-order valence-electron chi connectivity index (χ0n) is 49.1. The standard InChI is InChI=1S/C63H91I6N10O2/c1-6-7-16-47(61(81)75-27-35-79(36-28-75)43-39-77(40-44-79)31-23-71-24-32-77)63(3)53(73(5)51-46-49(65)58(67)60(69)56(51)63)18-13-10-8-9-12-17-52-62(2,55-50(72(52)4)45-48(64)57(66)59(55)68)20-15-11-14-19-54(80)74-25-33-78(34-26-74)41-37-76(38-42-78)29-21-70-22-30-76/h8-10,12-13,17-18,45-47,70-71H,6-7,11,14-16,19-44H2,1-5H3/q+5. The molecule has 12 nitrogen and oxygen atoms in total. The fraction of sp³-hybridized carbons (Fsp3) is 0.635. The molecule has 0 saturated carbocycles. The van der Waals surface area contributed by atoms with Crippen LogP contribution in [0.25, 0.3) is 0 Å². The number of hydrogen-bond donors (Lipinski definition) is 2. The summed E-state index contributed by atoms with van der Waals surface area (Å²) in [5.74, 6) is 0.546. The van der Waals surface area contributed by atoms with Crippen LogP contribution in [-0.4, -0.2) is 221 Å². The molecule has 81 heavy (non-hydrogen) atoms. The highest BCUT2D eigenvalue weighted by Crippen LogP contribution is 2.56. The zero-order chi connectivity index (χ0) is 57.4. The Hall–Kier alpha value is -0.0500. The van der Waals surface area contributed by atoms with Crippen LogP contribution in [0.1, 0.15) is 83.3 Å². The van der Waals surface area contributed by atoms with E-state index in [0.717, 1.165) is 123 Å². The molecule has 8 aliphatic heterocycles. The van der Waals surface area contributed by atoms with Gasteiger partial charge in [0.25, 0.3) is 0 Å². The number of carbonyl (C=O) groups excluding carboxylic acids is 2. The van der Waals surface area contributed by atoms with Crippen molar-refractivity contribution in [3.63, 3.8) is 0 Å². The topological polar surface area (TPSA) is 70.9 Å². The molecule has 3 atom stereocenters. The summed E-state index contributed by atoms with van der Waals surface area (Å²) in [5.41, 5.74) is 7.15. The molecule has 8 aliphatic rings. The van der Waals surface area contributed by atoms with E-state index in [0.29, 0.717) is 18.2 Å². The van der Waals surface area contributed by atoms with Gasteiger partial charge in [-0.2, -0.15) is 4.58 Å². The van der Waals surface area contributed by atoms with Gasteiger partial charge in [0.05, 0.1) is 95.4 Å². The number of unbranched alkanes of at least 4 members (excludes halogenated alkanes) is 3. The Morgan fingerprint density at radius 3 is 1.67 bits per heavy atom. The van der Waals surface area contributed by atoms with Gasteiger partial charge in [0, 0.05) is 95.6 Å². The van der Waals surface area contributed by atoms with Crippen LogP contribution >= 0.6 is 136 Å². The quantitative estimate of drug-likeness (QED) is 0.0465. The number of amides is 2. The van der Waals surface area contributed by atoms with Crippen molar-refractivity contribution in [2.45, 2.75) is 83.0 Å². The smallest absolute Gasteiger partial charge is 0.227 e. The second-order valence-electron chi connectivity index (χ2n) is 25.9. The van der Waals surface area contributed by atoms with Gasteiger partial charge in [-0.1, -0.05) is 63.0 Å². The van der Waals surface area contributed by atoms with E-state index in [1.807, 2.05) is 0 Å². The molecular weight excluding hydrogens is 1690 g/mol. The predicted molar refractivity (Wildman–Crippen MR) is 383 cm³/mol. The first-order valence-electron chi connectivity index (χ1n) is 30.6. The first kappa shape index (κ1) is 64.0. The lowest BCUT2D eigenvalue weighted by Crippen LogP contribution is -2.73. The van der Waals surface area contributed by atoms with Gasteiger partial charge in [0.1, 0.15) is 59.4 Å². The van der Waals surface area contributed by atoms with Crippen LogP contribution in [0.4, 0.5) is 11.4 Å². The van der Waals surface area contributed by atoms with Crippen LogP contribution in [0.3, 0.4) is 0 Å². The molecule has 3 unspecified atom stereocenters. The van der Waals surface area contributed by atoms with E-state index in [2.05, 4.69) is 255 Å². The summed E-state index contributed by atoms with van der Waals surface area (Å²) in [6.07, 6.45) is 23.3. The second kappa shape index (κ2) is 27.0. The number of nitrogens with zero attached hydrogens (tertiary/aromatic N) is 8. The van der Waals surface area contributed by atoms with E-state index >= 15 is 4.79 Å². The van der Waals surface area contributed by atoms with E-state index in [9.17, 15) is 4.79 Å². The summed E-state index contributed by atoms with van der Waals surface area (Å²) in [6, 6.07) is 4.73. The second-order valence-corrected chi connectivity index (χ2v) is 32.5. The third-order valence-corrected chi connectivity index (χ3v) is 31.8. The molecule has 10 rings (SSSR count). The molecule has 6 saturated heterocycles. The van der Waals surface area contributed by atoms with Gasteiger partial charge in [-0.25, -0.2) is 0 Å². The van der Waals surface area contributed by atoms with Crippen molar-refractivity contribution in [3.05, 3.63) is 92.9 Å². The zero-order valence-corrected chi connectivity index (χ0v) is 62.0. The minimum Gasteiger partial charge on any atom is -0.347 e. The summed E-state index contributed by atoms with van der Waals surface area (Å²) in [6.45, 7) is 35.1. The number of piperazine rings is 6. The maximum absolute atomic E-state index is 15.4. The molecule has 2 aromatic rings. The summed E-state index contributed by atoms with van der Waals surface area (Å²) >= 11 is 15.3. The number of hydrogen-bond acceptors (Lipinski definition) is 5. The molecule has 2 aromatic carbocycles. The monoisotopic (exact) mass is 1780 g/mol. The van der Waals surface area contributed by atoms with Crippen LogP contribution in [-0.2, 0) is 20.4 Å². The number of rotatable bonds is 15. The Morgan fingerprint density at radius 2 is 1.11 bits per heavy atom. The number of anilines is 1. The molecule has 442 valence electrons. The molecule has 4 spiro atoms. The first-order valence-corrected chi connectivity index (χ1v) is 37.1. The fourth-order valence-corrected chi connectivity index (χ4v) is 21.2. The molecule has 2 N–H and O–H groups in total. The molecule has 6 fully saturated rings. The molecule has 18 heteroatoms. The van der Waals surface area contributed by atoms with E-state index in [4.69, 9.17) is 0 Å². The van der Waals surface area contributed by atoms with E-state index < -0.39 is 5.41 Å². The van der Waals surface area contributed by atoms with Gasteiger partial charge >= 0.3 is 0 Å². The Balaban J connectivity index is 0.802. The minimum atomic E-state index is -0.494. The average Bonchev–Trinajstić information content (AvgIpc) is 2.50. The van der Waals surface area contributed by atoms with Gasteiger partial charge in [-0.05, 0) is 181 Å². The highest BCUT2D eigenvalue weighted by Gasteiger charge is 2.54. The van der Waals surface area contributed by atoms with Gasteiger partial charge < -0.3 is 43.3 Å². The fourth-order valence-electron chi connectivity index (χ4n) is 15.9. The van der Waals surface area contributed by atoms with Crippen molar-refractivity contribution in [3.8, 4) is 0 Å². The van der Waals surface area contributed by atoms with Crippen molar-refractivity contribution in [1.82, 2.24) is 20.4 Å². The Kier molecular flexibility index (Phi) is 21.3. The third-order valence-electron chi connectivity index (χ3n) is 21.5. The Labute approximate surface area is 568 Å². The van der Waals surface area contributed by atoms with Crippen molar-refractivity contribution in [1.29, 1.82) is 0 Å². The highest BCUT2D eigenvalue weighted by atomic mass is 127. The molecule has 0 aliphatic carbocycles. The minimum absolute atomic E-state index is 0.157. The SMILES string of the molecule is CCCCC(C(=O)N1CC[N+]2(CC1)CC[N+]1(CCNCC1)CC2)C1(C)/C(=C/C=C/C=C/C=C/C2=[N+](C)c3cc(I)c(I)c(I)c3C2(C)CCCCCC(=O)N2CC[N+]3(CC2)CC[N+]2(CCNCC2)CC3)N(C)c2cc(I)c(I)c(I)c21. The summed E-state index contributed by atoms with van der Waals surface area (Å²) in [4.78, 5) is 35.9. The Morgan fingerprint density at radius 1 is 0.617 bits per heavy atom. The van der Waals surface area contributed by atoms with E-state index in [1.165, 1.54) is 152 Å². The maximum Gasteiger partial charge on any atom is 0.227 e. The van der Waals surface area contributed by atoms with Crippen LogP contribution in [0, 0.1) is 27.3 Å². The van der Waals surface area contributed by atoms with E-state index in [1.54, 1.807) is 0 Å². The summed E-state index contributed by atoms with van der Waals surface area (Å²) < 4.78 is 15.2. The van der Waals surface area contributed by atoms with Gasteiger partial charge in [0.15, 0.2) is 5.71 Å². The number of benzene rings is 2. The van der Waals surface area contributed by atoms with Crippen molar-refractivity contribution < 1.29 is 32.1 Å². The number of carbonyl (C=O) groups is 2. The first-order chi connectivity index (χ1) is 38.8. The van der Waals surface area contributed by atoms with Crippen molar-refractivity contribution in [2.24, 2.45) is 5.92 Å². The lowest BCUT2D eigenvalue weighted by atomic mass is 9.68. The molecule has 0 bridgehead atoms. The van der Waals surface area contributed by atoms with Gasteiger partial charge in [0.2, 0.25) is 17.5 Å². The molecular formula is C63H91I6N10O2+5. The average molecular weight is 1780 g/mol. The maximum atomic E-state index is 15.4. The molecule has 2 amide bonds. The summed E-state index contributed by atoms with van der Waals surface area (Å²) in [7, 11) is 4.46. The lowest BCUT2D eigenvalue weighted by molar-refractivity contribution is -1.03. The number of nitrogens with one attached hydrogen (secondary N) is 2. The molecule has 8 heterocycles. The predicted octanol–water partition coefficient (Wildman–Crippen LogP) is 10.2. The van der Waals surface area contributed by atoms with E-state index in [-0.39, 0.29) is 11.3 Å². The number of fused-ring (bicyclic) bond motifs is 2. The number of likely N-dealkylation sites (N-methyl/N-ethyl adjacent to an activating group) is 1. The van der Waals surface area contributed by atoms with Crippen LogP contribution < -0.4 is 15.5 Å². The van der Waals surface area contributed by atoms with Crippen molar-refractivity contribution in [2.75, 3.05) is 176 Å². The van der Waals surface area contributed by atoms with Gasteiger partial charge in [-0.15, -0.1) is 0 Å². The summed E-state index contributed by atoms with van der Waals surface area (Å²) in [5, 5.41) is 7.15. The van der Waals surface area contributed by atoms with Crippen molar-refractivity contribution >= 4 is 164 Å². The van der Waals surface area contributed by atoms with Crippen LogP contribution in [0.5, 0.6) is 0 Å². The highest BCUT2D eigenvalue weighted by molar-refractivity contribution is 14.1. The Bertz CT molecular complexity index is 2820. The number of quaternary nitrogens is 4. The largest absolute Gasteiger partial charge is 0.347 e. The number of halogens is 6. The van der Waals surface area contributed by atoms with Crippen LogP contribution in [0.2, 0.25) is 0 Å². The molecule has 0 aromatic heterocycles. The number of allylic oxidation sites excluding steroid dienone is 8. The lowest BCUT2D eigenvalue weighted by Gasteiger charge is -2.53. The van der Waals surface area contributed by atoms with Gasteiger partial charge in [-0.3, -0.25) is 9.59 Å². The third kappa shape index (κ3) is 13.0. The van der Waals surface area contributed by atoms with Crippen LogP contribution in [0.15, 0.2) is 60.4 Å².